The molecule has 0 bridgehead atoms. The van der Waals surface area contributed by atoms with E-state index >= 15 is 0 Å². The quantitative estimate of drug-likeness (QED) is 0.261. The molecule has 0 amide bonds. The number of aromatic nitrogens is 2. The molecular weight excluding hydrogens is 492 g/mol. The fourth-order valence-corrected chi connectivity index (χ4v) is 2.94. The Morgan fingerprint density at radius 3 is 2.27 bits per heavy atom. The molecule has 0 unspecified atom stereocenters. The molecule has 3 rings (SSSR count). The lowest BCUT2D eigenvalue weighted by molar-refractivity contribution is -0.383. The maximum absolute atomic E-state index is 11.6. The second kappa shape index (κ2) is 8.02. The molecule has 7 nitrogen and oxygen atoms in total. The van der Waals surface area contributed by atoms with Crippen molar-refractivity contribution in [1.82, 2.24) is 9.97 Å². The normalized spacial score (nSPS) is 10.4. The Balaban J connectivity index is 1.98. The number of nitro groups is 1. The molecule has 0 aliphatic rings. The van der Waals surface area contributed by atoms with E-state index in [0.717, 1.165) is 3.57 Å². The number of hydrogen-bond donors (Lipinski definition) is 2. The number of benzene rings is 2. The van der Waals surface area contributed by atoms with Crippen molar-refractivity contribution in [2.24, 2.45) is 0 Å². The lowest BCUT2D eigenvalue weighted by Crippen LogP contribution is -2.05. The highest BCUT2D eigenvalue weighted by molar-refractivity contribution is 14.1. The maximum atomic E-state index is 11.6. The first-order valence-electron chi connectivity index (χ1n) is 7.18. The van der Waals surface area contributed by atoms with Crippen LogP contribution in [-0.2, 0) is 0 Å². The minimum atomic E-state index is -0.554. The van der Waals surface area contributed by atoms with Gasteiger partial charge in [0, 0.05) is 14.3 Å². The predicted octanol–water partition coefficient (Wildman–Crippen LogP) is 5.78. The lowest BCUT2D eigenvalue weighted by Gasteiger charge is -2.11. The van der Waals surface area contributed by atoms with E-state index in [-0.39, 0.29) is 17.3 Å². The van der Waals surface area contributed by atoms with Crippen LogP contribution in [0.5, 0.6) is 0 Å². The molecule has 132 valence electrons. The molecule has 2 N–H and O–H groups in total. The third kappa shape index (κ3) is 4.32. The predicted molar refractivity (Wildman–Crippen MR) is 111 cm³/mol. The highest BCUT2D eigenvalue weighted by Gasteiger charge is 2.23. The van der Waals surface area contributed by atoms with Crippen molar-refractivity contribution in [3.05, 3.63) is 72.5 Å². The summed E-state index contributed by atoms with van der Waals surface area (Å²) in [5.74, 6) is 0.0843. The van der Waals surface area contributed by atoms with Crippen molar-refractivity contribution >= 4 is 74.5 Å². The van der Waals surface area contributed by atoms with Crippen molar-refractivity contribution in [2.75, 3.05) is 10.6 Å². The van der Waals surface area contributed by atoms with Gasteiger partial charge in [0.15, 0.2) is 0 Å². The summed E-state index contributed by atoms with van der Waals surface area (Å²) in [6, 6.07) is 12.1. The first-order chi connectivity index (χ1) is 12.4. The van der Waals surface area contributed by atoms with Crippen LogP contribution >= 0.6 is 45.8 Å². The zero-order valence-corrected chi connectivity index (χ0v) is 16.6. The van der Waals surface area contributed by atoms with Crippen molar-refractivity contribution in [2.45, 2.75) is 0 Å². The molecule has 1 aromatic heterocycles. The van der Waals surface area contributed by atoms with E-state index in [1.54, 1.807) is 24.3 Å². The Morgan fingerprint density at radius 2 is 1.65 bits per heavy atom. The van der Waals surface area contributed by atoms with Gasteiger partial charge in [0.2, 0.25) is 11.6 Å². The van der Waals surface area contributed by atoms with Crippen LogP contribution in [0, 0.1) is 13.7 Å². The molecule has 0 saturated carbocycles. The minimum absolute atomic E-state index is 0.0160. The Kier molecular flexibility index (Phi) is 5.74. The van der Waals surface area contributed by atoms with Crippen LogP contribution in [0.1, 0.15) is 0 Å². The number of rotatable bonds is 5. The maximum Gasteiger partial charge on any atom is 0.353 e. The molecular formula is C16H10Cl2IN5O2. The average Bonchev–Trinajstić information content (AvgIpc) is 2.59. The zero-order chi connectivity index (χ0) is 18.7. The van der Waals surface area contributed by atoms with Gasteiger partial charge in [-0.25, -0.2) is 9.97 Å². The Morgan fingerprint density at radius 1 is 1.00 bits per heavy atom. The summed E-state index contributed by atoms with van der Waals surface area (Å²) in [6.07, 6.45) is 1.23. The monoisotopic (exact) mass is 501 g/mol. The lowest BCUT2D eigenvalue weighted by atomic mass is 10.3. The molecule has 1 heterocycles. The van der Waals surface area contributed by atoms with Gasteiger partial charge in [0.1, 0.15) is 6.33 Å². The third-order valence-electron chi connectivity index (χ3n) is 3.30. The number of anilines is 4. The van der Waals surface area contributed by atoms with Crippen molar-refractivity contribution in [3.8, 4) is 0 Å². The van der Waals surface area contributed by atoms with Gasteiger partial charge in [0.25, 0.3) is 0 Å². The summed E-state index contributed by atoms with van der Waals surface area (Å²) < 4.78 is 1.05. The second-order valence-electron chi connectivity index (χ2n) is 5.06. The van der Waals surface area contributed by atoms with E-state index in [2.05, 4.69) is 43.2 Å². The molecule has 0 aliphatic heterocycles. The minimum Gasteiger partial charge on any atom is -0.334 e. The largest absolute Gasteiger partial charge is 0.353 e. The molecule has 2 aromatic carbocycles. The van der Waals surface area contributed by atoms with E-state index in [9.17, 15) is 10.1 Å². The van der Waals surface area contributed by atoms with Crippen LogP contribution in [0.2, 0.25) is 10.0 Å². The highest BCUT2D eigenvalue weighted by atomic mass is 127. The fraction of sp³-hybridized carbons (Fsp3) is 0. The smallest absolute Gasteiger partial charge is 0.334 e. The summed E-state index contributed by atoms with van der Waals surface area (Å²) in [5.41, 5.74) is 0.817. The van der Waals surface area contributed by atoms with Gasteiger partial charge >= 0.3 is 5.69 Å². The number of hydrogen-bond acceptors (Lipinski definition) is 6. The van der Waals surface area contributed by atoms with Gasteiger partial charge in [-0.05, 0) is 65.1 Å². The number of halogens is 3. The average molecular weight is 502 g/mol. The second-order valence-corrected chi connectivity index (χ2v) is 7.15. The van der Waals surface area contributed by atoms with E-state index < -0.39 is 4.92 Å². The van der Waals surface area contributed by atoms with Crippen LogP contribution < -0.4 is 10.6 Å². The zero-order valence-electron chi connectivity index (χ0n) is 12.9. The standard InChI is InChI=1S/C16H10Cl2IN5O2/c17-9-1-6-13(12(18)7-9)23-16-14(24(25)26)15(20-8-21-16)22-11-4-2-10(19)3-5-11/h1-8H,(H2,20,21,22,23). The molecule has 26 heavy (non-hydrogen) atoms. The topological polar surface area (TPSA) is 93.0 Å². The molecule has 3 aromatic rings. The van der Waals surface area contributed by atoms with Crippen LogP contribution in [0.4, 0.5) is 28.7 Å². The first-order valence-corrected chi connectivity index (χ1v) is 9.01. The van der Waals surface area contributed by atoms with E-state index in [0.29, 0.717) is 21.4 Å². The van der Waals surface area contributed by atoms with Gasteiger partial charge in [0.05, 0.1) is 15.6 Å². The third-order valence-corrected chi connectivity index (χ3v) is 4.56. The van der Waals surface area contributed by atoms with Gasteiger partial charge < -0.3 is 10.6 Å². The summed E-state index contributed by atoms with van der Waals surface area (Å²) in [5, 5.41) is 18.2. The summed E-state index contributed by atoms with van der Waals surface area (Å²) >= 11 is 14.2. The van der Waals surface area contributed by atoms with Crippen LogP contribution in [-0.4, -0.2) is 14.9 Å². The van der Waals surface area contributed by atoms with Crippen LogP contribution in [0.15, 0.2) is 48.8 Å². The molecule has 10 heteroatoms. The van der Waals surface area contributed by atoms with Gasteiger partial charge in [-0.1, -0.05) is 23.2 Å². The van der Waals surface area contributed by atoms with E-state index in [1.165, 1.54) is 12.4 Å². The SMILES string of the molecule is O=[N+]([O-])c1c(Nc2ccc(I)cc2)ncnc1Nc1ccc(Cl)cc1Cl. The molecule has 0 aliphatic carbocycles. The van der Waals surface area contributed by atoms with Gasteiger partial charge in [-0.3, -0.25) is 10.1 Å². The van der Waals surface area contributed by atoms with Gasteiger partial charge in [-0.15, -0.1) is 0 Å². The summed E-state index contributed by atoms with van der Waals surface area (Å²) in [6.45, 7) is 0. The van der Waals surface area contributed by atoms with E-state index in [1.807, 2.05) is 12.1 Å². The van der Waals surface area contributed by atoms with Crippen LogP contribution in [0.3, 0.4) is 0 Å². The summed E-state index contributed by atoms with van der Waals surface area (Å²) in [7, 11) is 0. The fourth-order valence-electron chi connectivity index (χ4n) is 2.12. The molecule has 0 spiro atoms. The van der Waals surface area contributed by atoms with E-state index in [4.69, 9.17) is 23.2 Å². The van der Waals surface area contributed by atoms with Crippen molar-refractivity contribution in [3.63, 3.8) is 0 Å². The first kappa shape index (κ1) is 18.6. The Labute approximate surface area is 172 Å². The molecule has 0 atom stereocenters. The molecule has 0 radical (unpaired) electrons. The Hall–Kier alpha value is -2.17. The Bertz CT molecular complexity index is 969. The number of nitrogens with zero attached hydrogens (tertiary/aromatic N) is 3. The van der Waals surface area contributed by atoms with Gasteiger partial charge in [-0.2, -0.15) is 0 Å². The van der Waals surface area contributed by atoms with Crippen molar-refractivity contribution < 1.29 is 4.92 Å². The number of nitrogens with one attached hydrogen (secondary N) is 2. The molecule has 0 fully saturated rings. The highest BCUT2D eigenvalue weighted by Crippen LogP contribution is 2.35. The molecule has 0 saturated heterocycles. The van der Waals surface area contributed by atoms with Crippen molar-refractivity contribution in [1.29, 1.82) is 0 Å². The summed E-state index contributed by atoms with van der Waals surface area (Å²) in [4.78, 5) is 19.0. The van der Waals surface area contributed by atoms with Crippen LogP contribution in [0.25, 0.3) is 0 Å².